The minimum atomic E-state index is -0.383. The van der Waals surface area contributed by atoms with Crippen LogP contribution in [-0.4, -0.2) is 38.5 Å². The monoisotopic (exact) mass is 397 g/mol. The highest BCUT2D eigenvalue weighted by atomic mass is 32.2. The molecule has 1 atom stereocenters. The van der Waals surface area contributed by atoms with Crippen LogP contribution in [0.25, 0.3) is 5.69 Å². The molecule has 0 aliphatic heterocycles. The smallest absolute Gasteiger partial charge is 0.237 e. The first-order valence-electron chi connectivity index (χ1n) is 9.01. The van der Waals surface area contributed by atoms with E-state index in [-0.39, 0.29) is 11.2 Å². The van der Waals surface area contributed by atoms with Crippen LogP contribution in [0.1, 0.15) is 25.0 Å². The third-order valence-electron chi connectivity index (χ3n) is 4.28. The molecule has 8 heteroatoms. The number of nitrogens with one attached hydrogen (secondary N) is 1. The van der Waals surface area contributed by atoms with Crippen molar-refractivity contribution in [3.05, 3.63) is 53.6 Å². The van der Waals surface area contributed by atoms with Gasteiger partial charge < -0.3 is 10.1 Å². The molecule has 0 bridgehead atoms. The number of ether oxygens (including phenoxy) is 1. The standard InChI is InChI=1S/C20H23N5O2S/c1-5-15-7-9-16(10-8-15)21-19(26)14(3)28-20-22-23-24-25(20)17-12-13(2)6-11-18(17)27-4/h6-12,14H,5H2,1-4H3,(H,21,26)/t14-/m0/s1. The summed E-state index contributed by atoms with van der Waals surface area (Å²) in [5, 5.41) is 15.0. The number of carbonyl (C=O) groups excluding carboxylic acids is 1. The molecule has 3 aromatic rings. The van der Waals surface area contributed by atoms with Gasteiger partial charge in [-0.25, -0.2) is 0 Å². The number of aromatic nitrogens is 4. The quantitative estimate of drug-likeness (QED) is 0.613. The molecule has 1 N–H and O–H groups in total. The minimum absolute atomic E-state index is 0.111. The highest BCUT2D eigenvalue weighted by molar-refractivity contribution is 8.00. The summed E-state index contributed by atoms with van der Waals surface area (Å²) in [5.41, 5.74) is 3.79. The van der Waals surface area contributed by atoms with Crippen LogP contribution < -0.4 is 10.1 Å². The van der Waals surface area contributed by atoms with Crippen LogP contribution in [-0.2, 0) is 11.2 Å². The summed E-state index contributed by atoms with van der Waals surface area (Å²) in [6.07, 6.45) is 0.964. The summed E-state index contributed by atoms with van der Waals surface area (Å²) in [4.78, 5) is 12.6. The van der Waals surface area contributed by atoms with Crippen LogP contribution >= 0.6 is 11.8 Å². The van der Waals surface area contributed by atoms with E-state index >= 15 is 0 Å². The van der Waals surface area contributed by atoms with Crippen LogP contribution in [0.5, 0.6) is 5.75 Å². The summed E-state index contributed by atoms with van der Waals surface area (Å²) in [6, 6.07) is 13.6. The van der Waals surface area contributed by atoms with Gasteiger partial charge in [0.2, 0.25) is 11.1 Å². The van der Waals surface area contributed by atoms with Gasteiger partial charge in [0.1, 0.15) is 11.4 Å². The number of anilines is 1. The number of nitrogens with zero attached hydrogens (tertiary/aromatic N) is 4. The summed E-state index contributed by atoms with van der Waals surface area (Å²) < 4.78 is 7.02. The lowest BCUT2D eigenvalue weighted by molar-refractivity contribution is -0.115. The maximum Gasteiger partial charge on any atom is 0.237 e. The maximum atomic E-state index is 12.6. The van der Waals surface area contributed by atoms with Gasteiger partial charge in [-0.2, -0.15) is 4.68 Å². The van der Waals surface area contributed by atoms with E-state index in [1.807, 2.05) is 56.3 Å². The molecule has 146 valence electrons. The van der Waals surface area contributed by atoms with E-state index in [4.69, 9.17) is 4.74 Å². The molecule has 0 saturated carbocycles. The fourth-order valence-electron chi connectivity index (χ4n) is 2.65. The van der Waals surface area contributed by atoms with E-state index in [1.165, 1.54) is 17.3 Å². The van der Waals surface area contributed by atoms with Gasteiger partial charge in [-0.1, -0.05) is 36.9 Å². The maximum absolute atomic E-state index is 12.6. The number of methoxy groups -OCH3 is 1. The van der Waals surface area contributed by atoms with Crippen LogP contribution in [0.4, 0.5) is 5.69 Å². The summed E-state index contributed by atoms with van der Waals surface area (Å²) in [7, 11) is 1.60. The van der Waals surface area contributed by atoms with Gasteiger partial charge in [-0.05, 0) is 66.1 Å². The van der Waals surface area contributed by atoms with E-state index in [2.05, 4.69) is 27.8 Å². The molecule has 1 aromatic heterocycles. The van der Waals surface area contributed by atoms with Crippen molar-refractivity contribution < 1.29 is 9.53 Å². The molecule has 1 heterocycles. The molecule has 7 nitrogen and oxygen atoms in total. The van der Waals surface area contributed by atoms with Crippen molar-refractivity contribution in [3.63, 3.8) is 0 Å². The highest BCUT2D eigenvalue weighted by Crippen LogP contribution is 2.29. The number of benzene rings is 2. The summed E-state index contributed by atoms with van der Waals surface area (Å²) >= 11 is 1.29. The average molecular weight is 398 g/mol. The minimum Gasteiger partial charge on any atom is -0.494 e. The Balaban J connectivity index is 1.74. The van der Waals surface area contributed by atoms with Gasteiger partial charge in [-0.15, -0.1) is 5.10 Å². The third kappa shape index (κ3) is 4.51. The molecule has 0 aliphatic carbocycles. The molecule has 0 spiro atoms. The zero-order valence-corrected chi connectivity index (χ0v) is 17.2. The Labute approximate surface area is 168 Å². The van der Waals surface area contributed by atoms with E-state index in [0.717, 1.165) is 23.4 Å². The molecule has 0 unspecified atom stereocenters. The number of thioether (sulfide) groups is 1. The average Bonchev–Trinajstić information content (AvgIpc) is 3.16. The lowest BCUT2D eigenvalue weighted by Crippen LogP contribution is -2.23. The molecule has 0 fully saturated rings. The van der Waals surface area contributed by atoms with E-state index in [0.29, 0.717) is 10.9 Å². The summed E-state index contributed by atoms with van der Waals surface area (Å²) in [6.45, 7) is 5.91. The Morgan fingerprint density at radius 2 is 2.00 bits per heavy atom. The number of carbonyl (C=O) groups is 1. The number of aryl methyl sites for hydroxylation is 2. The highest BCUT2D eigenvalue weighted by Gasteiger charge is 2.21. The van der Waals surface area contributed by atoms with Gasteiger partial charge in [-0.3, -0.25) is 4.79 Å². The van der Waals surface area contributed by atoms with Gasteiger partial charge in [0.25, 0.3) is 0 Å². The number of rotatable bonds is 7. The Hall–Kier alpha value is -2.87. The van der Waals surface area contributed by atoms with Crippen molar-refractivity contribution in [1.82, 2.24) is 20.2 Å². The zero-order chi connectivity index (χ0) is 20.1. The van der Waals surface area contributed by atoms with Crippen LogP contribution in [0, 0.1) is 6.92 Å². The van der Waals surface area contributed by atoms with Crippen LogP contribution in [0.2, 0.25) is 0 Å². The fourth-order valence-corrected chi connectivity index (χ4v) is 3.45. The van der Waals surface area contributed by atoms with Gasteiger partial charge >= 0.3 is 0 Å². The van der Waals surface area contributed by atoms with E-state index < -0.39 is 0 Å². The van der Waals surface area contributed by atoms with E-state index in [1.54, 1.807) is 11.8 Å². The van der Waals surface area contributed by atoms with Crippen molar-refractivity contribution in [3.8, 4) is 11.4 Å². The van der Waals surface area contributed by atoms with Crippen molar-refractivity contribution >= 4 is 23.4 Å². The Morgan fingerprint density at radius 1 is 1.25 bits per heavy atom. The van der Waals surface area contributed by atoms with Crippen molar-refractivity contribution in [2.24, 2.45) is 0 Å². The predicted octanol–water partition coefficient (Wildman–Crippen LogP) is 3.66. The first-order chi connectivity index (χ1) is 13.5. The first-order valence-corrected chi connectivity index (χ1v) is 9.89. The molecule has 0 saturated heterocycles. The van der Waals surface area contributed by atoms with Gasteiger partial charge in [0.05, 0.1) is 12.4 Å². The Bertz CT molecular complexity index is 955. The Morgan fingerprint density at radius 3 is 2.68 bits per heavy atom. The molecule has 2 aromatic carbocycles. The van der Waals surface area contributed by atoms with Gasteiger partial charge in [0.15, 0.2) is 0 Å². The molecular formula is C20H23N5O2S. The van der Waals surface area contributed by atoms with Crippen LogP contribution in [0.3, 0.4) is 0 Å². The number of hydrogen-bond donors (Lipinski definition) is 1. The van der Waals surface area contributed by atoms with Crippen molar-refractivity contribution in [2.45, 2.75) is 37.6 Å². The molecule has 28 heavy (non-hydrogen) atoms. The number of tetrazole rings is 1. The summed E-state index contributed by atoms with van der Waals surface area (Å²) in [5.74, 6) is 0.549. The Kier molecular flexibility index (Phi) is 6.30. The molecule has 0 aliphatic rings. The topological polar surface area (TPSA) is 81.9 Å². The lowest BCUT2D eigenvalue weighted by Gasteiger charge is -2.13. The second-order valence-corrected chi connectivity index (χ2v) is 7.66. The molecular weight excluding hydrogens is 374 g/mol. The molecule has 0 radical (unpaired) electrons. The van der Waals surface area contributed by atoms with Crippen molar-refractivity contribution in [1.29, 1.82) is 0 Å². The first kappa shape index (κ1) is 19.9. The molecule has 3 rings (SSSR count). The number of amides is 1. The second kappa shape index (κ2) is 8.88. The zero-order valence-electron chi connectivity index (χ0n) is 16.3. The third-order valence-corrected chi connectivity index (χ3v) is 5.32. The number of hydrogen-bond acceptors (Lipinski definition) is 6. The largest absolute Gasteiger partial charge is 0.494 e. The molecule has 1 amide bonds. The van der Waals surface area contributed by atoms with Gasteiger partial charge in [0, 0.05) is 5.69 Å². The normalized spacial score (nSPS) is 11.9. The lowest BCUT2D eigenvalue weighted by atomic mass is 10.1. The van der Waals surface area contributed by atoms with Crippen molar-refractivity contribution in [2.75, 3.05) is 12.4 Å². The predicted molar refractivity (Wildman–Crippen MR) is 110 cm³/mol. The van der Waals surface area contributed by atoms with E-state index in [9.17, 15) is 4.79 Å². The van der Waals surface area contributed by atoms with Crippen LogP contribution in [0.15, 0.2) is 47.6 Å². The fraction of sp³-hybridized carbons (Fsp3) is 0.300. The second-order valence-electron chi connectivity index (χ2n) is 6.35. The SMILES string of the molecule is CCc1ccc(NC(=O)[C@H](C)Sc2nnnn2-c2cc(C)ccc2OC)cc1.